The zero-order chi connectivity index (χ0) is 32.2. The summed E-state index contributed by atoms with van der Waals surface area (Å²) < 4.78 is 24.5. The van der Waals surface area contributed by atoms with Crippen molar-refractivity contribution in [3.05, 3.63) is 93.9 Å². The Balaban J connectivity index is 1.67. The highest BCUT2D eigenvalue weighted by Gasteiger charge is 2.25. The maximum atomic E-state index is 12.9. The van der Waals surface area contributed by atoms with Gasteiger partial charge in [0.2, 0.25) is 0 Å². The molecular weight excluding hydrogens is 712 g/mol. The average Bonchev–Trinajstić information content (AvgIpc) is 3.05. The molecule has 0 heterocycles. The van der Waals surface area contributed by atoms with E-state index in [2.05, 4.69) is 31.9 Å². The molecule has 6 rings (SSSR count). The van der Waals surface area contributed by atoms with E-state index in [1.54, 1.807) is 0 Å². The molecule has 0 N–H and O–H groups in total. The molecule has 0 spiro atoms. The van der Waals surface area contributed by atoms with Crippen LogP contribution >= 0.6 is 31.9 Å². The molecule has 46 heavy (non-hydrogen) atoms. The third-order valence-electron chi connectivity index (χ3n) is 7.93. The predicted molar refractivity (Wildman–Crippen MR) is 191 cm³/mol. The largest absolute Gasteiger partial charge is 0.513 e. The molecule has 8 heteroatoms. The van der Waals surface area contributed by atoms with Gasteiger partial charge in [-0.25, -0.2) is 9.59 Å². The Bertz CT molecular complexity index is 1950. The van der Waals surface area contributed by atoms with Crippen molar-refractivity contribution in [3.8, 4) is 22.6 Å². The number of carbonyl (C=O) groups excluding carboxylic acids is 2. The molecule has 0 saturated carbocycles. The van der Waals surface area contributed by atoms with E-state index in [-0.39, 0.29) is 0 Å². The first-order valence-electron chi connectivity index (χ1n) is 15.4. The van der Waals surface area contributed by atoms with Crippen LogP contribution in [0.1, 0.15) is 39.5 Å². The standard InChI is InChI=1S/C38H32Br2O6/c1-3-5-19-43-37(41)45-35-27-13-9-7-11-25(27)33(31-21-23(39)15-17-29(31)35)34-26-12-8-10-14-28(26)36(46-38(42)44-20-6-4-2)30-18-16-24(40)22-32(30)34/h7-18,21-22H,3-6,19-20H2,1-2H3. The first-order valence-corrected chi connectivity index (χ1v) is 17.0. The van der Waals surface area contributed by atoms with Crippen molar-refractivity contribution in [1.29, 1.82) is 0 Å². The van der Waals surface area contributed by atoms with E-state index in [0.29, 0.717) is 24.7 Å². The van der Waals surface area contributed by atoms with E-state index in [0.717, 1.165) is 88.8 Å². The molecule has 0 radical (unpaired) electrons. The van der Waals surface area contributed by atoms with E-state index >= 15 is 0 Å². The van der Waals surface area contributed by atoms with Gasteiger partial charge in [0.25, 0.3) is 0 Å². The van der Waals surface area contributed by atoms with Gasteiger partial charge in [0.15, 0.2) is 0 Å². The fourth-order valence-corrected chi connectivity index (χ4v) is 6.53. The summed E-state index contributed by atoms with van der Waals surface area (Å²) in [7, 11) is 0. The molecule has 0 atom stereocenters. The minimum atomic E-state index is -0.734. The van der Waals surface area contributed by atoms with Crippen molar-refractivity contribution in [2.24, 2.45) is 0 Å². The van der Waals surface area contributed by atoms with Gasteiger partial charge in [0.1, 0.15) is 11.5 Å². The van der Waals surface area contributed by atoms with Crippen LogP contribution < -0.4 is 9.47 Å². The second-order valence-corrected chi connectivity index (χ2v) is 12.8. The van der Waals surface area contributed by atoms with Gasteiger partial charge in [0, 0.05) is 30.5 Å². The first-order chi connectivity index (χ1) is 22.4. The Labute approximate surface area is 283 Å². The van der Waals surface area contributed by atoms with Gasteiger partial charge >= 0.3 is 12.3 Å². The molecule has 0 bridgehead atoms. The normalized spacial score (nSPS) is 11.3. The summed E-state index contributed by atoms with van der Waals surface area (Å²) in [5.74, 6) is 0.876. The van der Waals surface area contributed by atoms with Gasteiger partial charge in [-0.05, 0) is 81.9 Å². The van der Waals surface area contributed by atoms with Crippen LogP contribution in [0.15, 0.2) is 93.9 Å². The van der Waals surface area contributed by atoms with E-state index in [4.69, 9.17) is 18.9 Å². The molecule has 6 nitrogen and oxygen atoms in total. The third-order valence-corrected chi connectivity index (χ3v) is 8.92. The summed E-state index contributed by atoms with van der Waals surface area (Å²) in [6.07, 6.45) is 1.86. The quantitative estimate of drug-likeness (QED) is 0.0635. The lowest BCUT2D eigenvalue weighted by molar-refractivity contribution is 0.0977. The lowest BCUT2D eigenvalue weighted by Crippen LogP contribution is -2.12. The highest BCUT2D eigenvalue weighted by atomic mass is 79.9. The number of carbonyl (C=O) groups is 2. The second-order valence-electron chi connectivity index (χ2n) is 11.0. The summed E-state index contributed by atoms with van der Waals surface area (Å²) >= 11 is 7.37. The van der Waals surface area contributed by atoms with Crippen molar-refractivity contribution < 1.29 is 28.5 Å². The molecule has 0 aromatic heterocycles. The van der Waals surface area contributed by atoms with Gasteiger partial charge in [-0.3, -0.25) is 0 Å². The third kappa shape index (κ3) is 6.29. The Hall–Kier alpha value is -4.14. The van der Waals surface area contributed by atoms with Crippen molar-refractivity contribution >= 4 is 87.3 Å². The second kappa shape index (κ2) is 14.1. The fraction of sp³-hybridized carbons (Fsp3) is 0.211. The highest BCUT2D eigenvalue weighted by Crippen LogP contribution is 2.50. The predicted octanol–water partition coefficient (Wildman–Crippen LogP) is 12.1. The van der Waals surface area contributed by atoms with Gasteiger partial charge < -0.3 is 18.9 Å². The number of benzene rings is 6. The minimum Gasteiger partial charge on any atom is -0.434 e. The molecule has 0 saturated heterocycles. The SMILES string of the molecule is CCCCOC(=O)Oc1c2ccccc2c(-c2c3ccccc3c(OC(=O)OCCCC)c3ccc(Br)cc23)c2cc(Br)ccc12. The maximum Gasteiger partial charge on any atom is 0.513 e. The zero-order valence-electron chi connectivity index (χ0n) is 25.5. The summed E-state index contributed by atoms with van der Waals surface area (Å²) in [5, 5.41) is 6.60. The monoisotopic (exact) mass is 742 g/mol. The number of hydrogen-bond acceptors (Lipinski definition) is 6. The van der Waals surface area contributed by atoms with Gasteiger partial charge in [-0.1, -0.05) is 107 Å². The number of rotatable bonds is 9. The molecular formula is C38H32Br2O6. The van der Waals surface area contributed by atoms with Crippen LogP contribution in [0.4, 0.5) is 9.59 Å². The van der Waals surface area contributed by atoms with E-state index in [1.165, 1.54) is 0 Å². The van der Waals surface area contributed by atoms with Gasteiger partial charge in [-0.2, -0.15) is 0 Å². The number of ether oxygens (including phenoxy) is 4. The minimum absolute atomic E-state index is 0.294. The fourth-order valence-electron chi connectivity index (χ4n) is 5.81. The Morgan fingerprint density at radius 1 is 0.522 bits per heavy atom. The van der Waals surface area contributed by atoms with Crippen LogP contribution in [0.2, 0.25) is 0 Å². The molecule has 6 aromatic rings. The molecule has 0 unspecified atom stereocenters. The summed E-state index contributed by atoms with van der Waals surface area (Å²) in [4.78, 5) is 25.8. The van der Waals surface area contributed by atoms with E-state index < -0.39 is 12.3 Å². The van der Waals surface area contributed by atoms with Crippen LogP contribution in [0.5, 0.6) is 11.5 Å². The van der Waals surface area contributed by atoms with E-state index in [9.17, 15) is 9.59 Å². The van der Waals surface area contributed by atoms with Crippen molar-refractivity contribution in [2.45, 2.75) is 39.5 Å². The average molecular weight is 744 g/mol. The molecule has 0 aliphatic heterocycles. The van der Waals surface area contributed by atoms with Crippen LogP contribution in [-0.2, 0) is 9.47 Å². The summed E-state index contributed by atoms with van der Waals surface area (Å²) in [6, 6.07) is 27.7. The molecule has 234 valence electrons. The van der Waals surface area contributed by atoms with Crippen molar-refractivity contribution in [3.63, 3.8) is 0 Å². The lowest BCUT2D eigenvalue weighted by Gasteiger charge is -2.21. The number of fused-ring (bicyclic) bond motifs is 4. The number of hydrogen-bond donors (Lipinski definition) is 0. The van der Waals surface area contributed by atoms with Gasteiger partial charge in [0.05, 0.1) is 13.2 Å². The molecule has 0 fully saturated rings. The number of halogens is 2. The van der Waals surface area contributed by atoms with Crippen molar-refractivity contribution in [1.82, 2.24) is 0 Å². The van der Waals surface area contributed by atoms with Crippen LogP contribution in [-0.4, -0.2) is 25.5 Å². The summed E-state index contributed by atoms with van der Waals surface area (Å²) in [6.45, 7) is 4.66. The van der Waals surface area contributed by atoms with Crippen LogP contribution in [0, 0.1) is 0 Å². The molecule has 0 aliphatic carbocycles. The Morgan fingerprint density at radius 3 is 1.28 bits per heavy atom. The lowest BCUT2D eigenvalue weighted by atomic mass is 9.85. The topological polar surface area (TPSA) is 71.1 Å². The Morgan fingerprint density at radius 2 is 0.891 bits per heavy atom. The first kappa shape index (κ1) is 31.8. The van der Waals surface area contributed by atoms with Crippen LogP contribution in [0.25, 0.3) is 54.2 Å². The van der Waals surface area contributed by atoms with E-state index in [1.807, 2.05) is 98.8 Å². The summed E-state index contributed by atoms with van der Waals surface area (Å²) in [5.41, 5.74) is 1.91. The molecule has 0 amide bonds. The number of unbranched alkanes of at least 4 members (excludes halogenated alkanes) is 2. The molecule has 0 aliphatic rings. The maximum absolute atomic E-state index is 12.9. The zero-order valence-corrected chi connectivity index (χ0v) is 28.7. The van der Waals surface area contributed by atoms with Gasteiger partial charge in [-0.15, -0.1) is 0 Å². The smallest absolute Gasteiger partial charge is 0.434 e. The Kier molecular flexibility index (Phi) is 9.75. The highest BCUT2D eigenvalue weighted by molar-refractivity contribution is 9.10. The van der Waals surface area contributed by atoms with Crippen LogP contribution in [0.3, 0.4) is 0 Å². The molecule has 6 aromatic carbocycles. The van der Waals surface area contributed by atoms with Crippen molar-refractivity contribution in [2.75, 3.05) is 13.2 Å².